The van der Waals surface area contributed by atoms with Gasteiger partial charge in [-0.15, -0.1) is 0 Å². The van der Waals surface area contributed by atoms with Crippen LogP contribution >= 0.6 is 0 Å². The van der Waals surface area contributed by atoms with Gasteiger partial charge in [-0.2, -0.15) is 0 Å². The van der Waals surface area contributed by atoms with E-state index in [1.54, 1.807) is 6.07 Å². The third kappa shape index (κ3) is 1.61. The number of rotatable bonds is 1. The molecule has 3 rings (SSSR count). The van der Waals surface area contributed by atoms with Crippen LogP contribution in [0.15, 0.2) is 16.8 Å². The number of nitrogens with one attached hydrogen (secondary N) is 1. The maximum absolute atomic E-state index is 12.0. The molecule has 1 amide bonds. The molecule has 2 unspecified atom stereocenters. The molecule has 16 heavy (non-hydrogen) atoms. The zero-order valence-corrected chi connectivity index (χ0v) is 9.06. The lowest BCUT2D eigenvalue weighted by Crippen LogP contribution is -2.43. The van der Waals surface area contributed by atoms with E-state index in [0.717, 1.165) is 38.5 Å². The lowest BCUT2D eigenvalue weighted by Gasteiger charge is -2.33. The first-order valence-corrected chi connectivity index (χ1v) is 5.75. The second kappa shape index (κ2) is 3.90. The number of amides is 1. The molecule has 5 nitrogen and oxygen atoms in total. The van der Waals surface area contributed by atoms with E-state index < -0.39 is 0 Å². The van der Waals surface area contributed by atoms with E-state index in [0.29, 0.717) is 11.7 Å². The molecular formula is C11H15N3O2. The van der Waals surface area contributed by atoms with E-state index in [1.807, 2.05) is 4.90 Å². The van der Waals surface area contributed by atoms with Crippen LogP contribution < -0.4 is 5.32 Å². The SMILES string of the molecule is O=C(c1ccno1)N1CCC2CNCC2C1. The zero-order valence-electron chi connectivity index (χ0n) is 9.06. The summed E-state index contributed by atoms with van der Waals surface area (Å²) < 4.78 is 4.90. The highest BCUT2D eigenvalue weighted by Crippen LogP contribution is 2.27. The third-order valence-electron chi connectivity index (χ3n) is 3.64. The summed E-state index contributed by atoms with van der Waals surface area (Å²) in [5.74, 6) is 1.69. The Morgan fingerprint density at radius 1 is 1.50 bits per heavy atom. The Balaban J connectivity index is 1.70. The molecule has 0 spiro atoms. The average Bonchev–Trinajstić information content (AvgIpc) is 2.98. The smallest absolute Gasteiger partial charge is 0.292 e. The van der Waals surface area contributed by atoms with Crippen LogP contribution in [0, 0.1) is 11.8 Å². The number of aromatic nitrogens is 1. The predicted molar refractivity (Wildman–Crippen MR) is 56.9 cm³/mol. The quantitative estimate of drug-likeness (QED) is 0.743. The van der Waals surface area contributed by atoms with Crippen molar-refractivity contribution >= 4 is 5.91 Å². The molecular weight excluding hydrogens is 206 g/mol. The van der Waals surface area contributed by atoms with E-state index in [2.05, 4.69) is 10.5 Å². The number of hydrogen-bond donors (Lipinski definition) is 1. The fraction of sp³-hybridized carbons (Fsp3) is 0.636. The number of hydrogen-bond acceptors (Lipinski definition) is 4. The summed E-state index contributed by atoms with van der Waals surface area (Å²) in [5.41, 5.74) is 0. The molecule has 5 heteroatoms. The predicted octanol–water partition coefficient (Wildman–Crippen LogP) is 0.356. The second-order valence-electron chi connectivity index (χ2n) is 4.59. The van der Waals surface area contributed by atoms with Gasteiger partial charge in [0.1, 0.15) is 0 Å². The van der Waals surface area contributed by atoms with E-state index in [-0.39, 0.29) is 5.91 Å². The van der Waals surface area contributed by atoms with Crippen LogP contribution in [-0.2, 0) is 0 Å². The van der Waals surface area contributed by atoms with Crippen LogP contribution in [0.2, 0.25) is 0 Å². The minimum Gasteiger partial charge on any atom is -0.351 e. The van der Waals surface area contributed by atoms with Crippen molar-refractivity contribution in [3.8, 4) is 0 Å². The van der Waals surface area contributed by atoms with Gasteiger partial charge < -0.3 is 14.7 Å². The van der Waals surface area contributed by atoms with Gasteiger partial charge in [-0.25, -0.2) is 0 Å². The Labute approximate surface area is 93.8 Å². The van der Waals surface area contributed by atoms with Crippen LogP contribution in [0.5, 0.6) is 0 Å². The topological polar surface area (TPSA) is 58.4 Å². The summed E-state index contributed by atoms with van der Waals surface area (Å²) in [6.45, 7) is 3.82. The first kappa shape index (κ1) is 9.84. The minimum absolute atomic E-state index is 0.0251. The minimum atomic E-state index is -0.0251. The van der Waals surface area contributed by atoms with E-state index >= 15 is 0 Å². The Morgan fingerprint density at radius 2 is 2.38 bits per heavy atom. The number of fused-ring (bicyclic) bond motifs is 1. The van der Waals surface area contributed by atoms with Crippen molar-refractivity contribution in [3.63, 3.8) is 0 Å². The average molecular weight is 221 g/mol. The fourth-order valence-electron chi connectivity index (χ4n) is 2.70. The number of nitrogens with zero attached hydrogens (tertiary/aromatic N) is 2. The lowest BCUT2D eigenvalue weighted by molar-refractivity contribution is 0.0601. The molecule has 0 bridgehead atoms. The zero-order chi connectivity index (χ0) is 11.0. The van der Waals surface area contributed by atoms with Gasteiger partial charge in [0.15, 0.2) is 0 Å². The Morgan fingerprint density at radius 3 is 3.19 bits per heavy atom. The van der Waals surface area contributed by atoms with Gasteiger partial charge in [0.25, 0.3) is 5.91 Å². The van der Waals surface area contributed by atoms with Crippen molar-refractivity contribution in [2.75, 3.05) is 26.2 Å². The molecule has 1 aromatic heterocycles. The van der Waals surface area contributed by atoms with Gasteiger partial charge in [0, 0.05) is 19.2 Å². The van der Waals surface area contributed by atoms with Gasteiger partial charge >= 0.3 is 0 Å². The highest BCUT2D eigenvalue weighted by atomic mass is 16.5. The number of likely N-dealkylation sites (tertiary alicyclic amines) is 1. The molecule has 0 saturated carbocycles. The normalized spacial score (nSPS) is 29.1. The standard InChI is InChI=1S/C11H15N3O2/c15-11(10-1-3-13-16-10)14-4-2-8-5-12-6-9(8)7-14/h1,3,8-9,12H,2,4-7H2. The van der Waals surface area contributed by atoms with Crippen molar-refractivity contribution in [2.45, 2.75) is 6.42 Å². The second-order valence-corrected chi connectivity index (χ2v) is 4.59. The fourth-order valence-corrected chi connectivity index (χ4v) is 2.70. The number of carbonyl (C=O) groups excluding carboxylic acids is 1. The summed E-state index contributed by atoms with van der Waals surface area (Å²) in [6.07, 6.45) is 2.61. The van der Waals surface area contributed by atoms with Crippen LogP contribution in [0.3, 0.4) is 0 Å². The molecule has 3 heterocycles. The highest BCUT2D eigenvalue weighted by molar-refractivity contribution is 5.91. The molecule has 2 aliphatic rings. The van der Waals surface area contributed by atoms with Gasteiger partial charge in [-0.05, 0) is 31.3 Å². The molecule has 0 aromatic carbocycles. The first-order chi connectivity index (χ1) is 7.84. The van der Waals surface area contributed by atoms with Crippen molar-refractivity contribution in [2.24, 2.45) is 11.8 Å². The van der Waals surface area contributed by atoms with Gasteiger partial charge in [-0.1, -0.05) is 5.16 Å². The van der Waals surface area contributed by atoms with Crippen LogP contribution in [0.1, 0.15) is 17.0 Å². The molecule has 2 saturated heterocycles. The number of piperidine rings is 1. The maximum atomic E-state index is 12.0. The third-order valence-corrected chi connectivity index (χ3v) is 3.64. The van der Waals surface area contributed by atoms with Crippen LogP contribution in [0.25, 0.3) is 0 Å². The summed E-state index contributed by atoms with van der Waals surface area (Å²) in [4.78, 5) is 13.9. The summed E-state index contributed by atoms with van der Waals surface area (Å²) in [6, 6.07) is 1.63. The Bertz CT molecular complexity index is 377. The first-order valence-electron chi connectivity index (χ1n) is 5.75. The van der Waals surface area contributed by atoms with E-state index in [1.165, 1.54) is 6.20 Å². The molecule has 2 atom stereocenters. The van der Waals surface area contributed by atoms with E-state index in [4.69, 9.17) is 4.52 Å². The maximum Gasteiger partial charge on any atom is 0.292 e. The van der Waals surface area contributed by atoms with Crippen molar-refractivity contribution in [1.82, 2.24) is 15.4 Å². The lowest BCUT2D eigenvalue weighted by atomic mass is 9.88. The molecule has 0 aliphatic carbocycles. The Kier molecular flexibility index (Phi) is 2.40. The summed E-state index contributed by atoms with van der Waals surface area (Å²) in [7, 11) is 0. The summed E-state index contributed by atoms with van der Waals surface area (Å²) in [5, 5.41) is 6.95. The van der Waals surface area contributed by atoms with Gasteiger partial charge in [-0.3, -0.25) is 4.79 Å². The van der Waals surface area contributed by atoms with Gasteiger partial charge in [0.2, 0.25) is 5.76 Å². The van der Waals surface area contributed by atoms with Crippen molar-refractivity contribution in [3.05, 3.63) is 18.0 Å². The molecule has 1 aromatic rings. The largest absolute Gasteiger partial charge is 0.351 e. The van der Waals surface area contributed by atoms with Crippen LogP contribution in [0.4, 0.5) is 0 Å². The molecule has 2 fully saturated rings. The van der Waals surface area contributed by atoms with Crippen LogP contribution in [-0.4, -0.2) is 42.1 Å². The van der Waals surface area contributed by atoms with Gasteiger partial charge in [0.05, 0.1) is 6.20 Å². The molecule has 0 radical (unpaired) electrons. The molecule has 1 N–H and O–H groups in total. The van der Waals surface area contributed by atoms with Crippen molar-refractivity contribution < 1.29 is 9.32 Å². The van der Waals surface area contributed by atoms with Crippen molar-refractivity contribution in [1.29, 1.82) is 0 Å². The number of carbonyl (C=O) groups is 1. The molecule has 86 valence electrons. The highest BCUT2D eigenvalue weighted by Gasteiger charge is 2.35. The Hall–Kier alpha value is -1.36. The molecule has 2 aliphatic heterocycles. The van der Waals surface area contributed by atoms with E-state index in [9.17, 15) is 4.79 Å². The monoisotopic (exact) mass is 221 g/mol. The summed E-state index contributed by atoms with van der Waals surface area (Å²) >= 11 is 0.